The molecule has 0 radical (unpaired) electrons. The summed E-state index contributed by atoms with van der Waals surface area (Å²) in [4.78, 5) is 0. The van der Waals surface area contributed by atoms with E-state index in [9.17, 15) is 5.11 Å². The lowest BCUT2D eigenvalue weighted by molar-refractivity contribution is 0.0762. The van der Waals surface area contributed by atoms with Crippen LogP contribution in [0.4, 0.5) is 0 Å². The van der Waals surface area contributed by atoms with E-state index < -0.39 is 0 Å². The molecule has 0 amide bonds. The maximum absolute atomic E-state index is 9.86. The highest BCUT2D eigenvalue weighted by atomic mass is 16.3. The van der Waals surface area contributed by atoms with E-state index in [0.717, 1.165) is 19.3 Å². The summed E-state index contributed by atoms with van der Waals surface area (Å²) in [5, 5.41) is 9.86. The van der Waals surface area contributed by atoms with Crippen LogP contribution in [0.1, 0.15) is 32.1 Å². The Kier molecular flexibility index (Phi) is 1.84. The third-order valence-electron chi connectivity index (χ3n) is 3.19. The van der Waals surface area contributed by atoms with E-state index in [4.69, 9.17) is 0 Å². The van der Waals surface area contributed by atoms with E-state index in [2.05, 4.69) is 18.7 Å². The average molecular weight is 164 g/mol. The summed E-state index contributed by atoms with van der Waals surface area (Å²) in [6, 6.07) is 0. The van der Waals surface area contributed by atoms with E-state index in [1.54, 1.807) is 0 Å². The molecule has 0 aromatic carbocycles. The quantitative estimate of drug-likeness (QED) is 0.545. The van der Waals surface area contributed by atoms with Crippen molar-refractivity contribution in [1.82, 2.24) is 0 Å². The normalized spacial score (nSPS) is 41.1. The predicted octanol–water partition coefficient (Wildman–Crippen LogP) is 2.42. The highest BCUT2D eigenvalue weighted by Crippen LogP contribution is 2.47. The monoisotopic (exact) mass is 164 g/mol. The molecule has 1 heteroatoms. The first-order chi connectivity index (χ1) is 5.73. The van der Waals surface area contributed by atoms with Crippen molar-refractivity contribution in [2.45, 2.75) is 38.2 Å². The Morgan fingerprint density at radius 1 is 1.58 bits per heavy atom. The van der Waals surface area contributed by atoms with Crippen LogP contribution in [-0.4, -0.2) is 11.2 Å². The van der Waals surface area contributed by atoms with Gasteiger partial charge in [-0.05, 0) is 32.1 Å². The van der Waals surface area contributed by atoms with Crippen LogP contribution in [0.5, 0.6) is 0 Å². The van der Waals surface area contributed by atoms with Gasteiger partial charge in [-0.2, -0.15) is 0 Å². The molecule has 1 nitrogen and oxygen atoms in total. The average Bonchev–Trinajstić information content (AvgIpc) is 2.29. The maximum atomic E-state index is 9.86. The standard InChI is InChI=1S/C11H16O/c1-9-7-10(12)11(8-9)5-3-2-4-6-11/h3,5,10,12H,1-2,4,6-8H2. The lowest BCUT2D eigenvalue weighted by Gasteiger charge is -2.31. The van der Waals surface area contributed by atoms with Crippen molar-refractivity contribution in [3.63, 3.8) is 0 Å². The molecule has 0 saturated heterocycles. The van der Waals surface area contributed by atoms with Crippen LogP contribution in [0.3, 0.4) is 0 Å². The molecule has 2 aliphatic rings. The van der Waals surface area contributed by atoms with Crippen LogP contribution in [0, 0.1) is 5.41 Å². The van der Waals surface area contributed by atoms with Crippen LogP contribution in [0.2, 0.25) is 0 Å². The molecule has 0 aromatic heterocycles. The summed E-state index contributed by atoms with van der Waals surface area (Å²) in [6.07, 6.45) is 9.63. The molecule has 1 saturated carbocycles. The smallest absolute Gasteiger partial charge is 0.0670 e. The largest absolute Gasteiger partial charge is 0.392 e. The Hall–Kier alpha value is -0.560. The molecule has 2 rings (SSSR count). The molecule has 12 heavy (non-hydrogen) atoms. The maximum Gasteiger partial charge on any atom is 0.0670 e. The number of allylic oxidation sites excluding steroid dienone is 1. The van der Waals surface area contributed by atoms with Gasteiger partial charge in [0.05, 0.1) is 6.10 Å². The SMILES string of the molecule is C=C1CC(O)C2(C=CCCC2)C1. The molecule has 0 heterocycles. The van der Waals surface area contributed by atoms with Crippen LogP contribution in [0.15, 0.2) is 24.3 Å². The number of aliphatic hydroxyl groups is 1. The zero-order valence-electron chi connectivity index (χ0n) is 7.42. The van der Waals surface area contributed by atoms with E-state index >= 15 is 0 Å². The van der Waals surface area contributed by atoms with E-state index in [1.165, 1.54) is 18.4 Å². The topological polar surface area (TPSA) is 20.2 Å². The van der Waals surface area contributed by atoms with Crippen LogP contribution in [-0.2, 0) is 0 Å². The second-order valence-electron chi connectivity index (χ2n) is 4.17. The molecule has 0 aromatic rings. The van der Waals surface area contributed by atoms with Crippen LogP contribution in [0.25, 0.3) is 0 Å². The van der Waals surface area contributed by atoms with Gasteiger partial charge in [-0.25, -0.2) is 0 Å². The predicted molar refractivity (Wildman–Crippen MR) is 49.8 cm³/mol. The third-order valence-corrected chi connectivity index (χ3v) is 3.19. The minimum Gasteiger partial charge on any atom is -0.392 e. The van der Waals surface area contributed by atoms with Gasteiger partial charge in [-0.1, -0.05) is 24.3 Å². The van der Waals surface area contributed by atoms with Gasteiger partial charge in [0.15, 0.2) is 0 Å². The Morgan fingerprint density at radius 2 is 2.42 bits per heavy atom. The number of hydrogen-bond donors (Lipinski definition) is 1. The second-order valence-corrected chi connectivity index (χ2v) is 4.17. The van der Waals surface area contributed by atoms with Crippen molar-refractivity contribution in [3.8, 4) is 0 Å². The summed E-state index contributed by atoms with van der Waals surface area (Å²) < 4.78 is 0. The fraction of sp³-hybridized carbons (Fsp3) is 0.636. The summed E-state index contributed by atoms with van der Waals surface area (Å²) >= 11 is 0. The van der Waals surface area contributed by atoms with Gasteiger partial charge in [0.25, 0.3) is 0 Å². The van der Waals surface area contributed by atoms with Crippen molar-refractivity contribution >= 4 is 0 Å². The summed E-state index contributed by atoms with van der Waals surface area (Å²) in [7, 11) is 0. The van der Waals surface area contributed by atoms with Gasteiger partial charge in [-0.3, -0.25) is 0 Å². The molecule has 66 valence electrons. The molecule has 1 fully saturated rings. The molecule has 1 N–H and O–H groups in total. The Bertz CT molecular complexity index is 229. The second kappa shape index (κ2) is 2.74. The molecule has 0 aliphatic heterocycles. The molecule has 2 aliphatic carbocycles. The van der Waals surface area contributed by atoms with Gasteiger partial charge in [0.1, 0.15) is 0 Å². The molecule has 2 unspecified atom stereocenters. The number of aliphatic hydroxyl groups excluding tert-OH is 1. The van der Waals surface area contributed by atoms with Crippen molar-refractivity contribution in [1.29, 1.82) is 0 Å². The van der Waals surface area contributed by atoms with Crippen molar-refractivity contribution in [3.05, 3.63) is 24.3 Å². The molecular weight excluding hydrogens is 148 g/mol. The Morgan fingerprint density at radius 3 is 2.92 bits per heavy atom. The zero-order valence-corrected chi connectivity index (χ0v) is 7.42. The van der Waals surface area contributed by atoms with Gasteiger partial charge < -0.3 is 5.11 Å². The summed E-state index contributed by atoms with van der Waals surface area (Å²) in [5.41, 5.74) is 1.30. The van der Waals surface area contributed by atoms with Crippen molar-refractivity contribution in [2.24, 2.45) is 5.41 Å². The summed E-state index contributed by atoms with van der Waals surface area (Å²) in [6.45, 7) is 3.96. The van der Waals surface area contributed by atoms with Gasteiger partial charge >= 0.3 is 0 Å². The van der Waals surface area contributed by atoms with Gasteiger partial charge in [-0.15, -0.1) is 0 Å². The van der Waals surface area contributed by atoms with Crippen LogP contribution >= 0.6 is 0 Å². The van der Waals surface area contributed by atoms with E-state index in [1.807, 2.05) is 0 Å². The molecule has 2 atom stereocenters. The van der Waals surface area contributed by atoms with Gasteiger partial charge in [0.2, 0.25) is 0 Å². The lowest BCUT2D eigenvalue weighted by atomic mass is 9.76. The number of hydrogen-bond acceptors (Lipinski definition) is 1. The molecular formula is C11H16O. The van der Waals surface area contributed by atoms with E-state index in [-0.39, 0.29) is 11.5 Å². The highest BCUT2D eigenvalue weighted by Gasteiger charge is 2.41. The first-order valence-corrected chi connectivity index (χ1v) is 4.75. The highest BCUT2D eigenvalue weighted by molar-refractivity contribution is 5.20. The lowest BCUT2D eigenvalue weighted by Crippen LogP contribution is -2.29. The fourth-order valence-corrected chi connectivity index (χ4v) is 2.51. The minimum atomic E-state index is -0.165. The van der Waals surface area contributed by atoms with Gasteiger partial charge in [0, 0.05) is 5.41 Å². The fourth-order valence-electron chi connectivity index (χ4n) is 2.51. The molecule has 1 spiro atoms. The van der Waals surface area contributed by atoms with Crippen LogP contribution < -0.4 is 0 Å². The first kappa shape index (κ1) is 8.06. The minimum absolute atomic E-state index is 0.0787. The third kappa shape index (κ3) is 1.13. The zero-order chi connectivity index (χ0) is 8.60. The Labute approximate surface area is 73.8 Å². The Balaban J connectivity index is 2.24. The van der Waals surface area contributed by atoms with Crippen molar-refractivity contribution in [2.75, 3.05) is 0 Å². The van der Waals surface area contributed by atoms with Crippen molar-refractivity contribution < 1.29 is 5.11 Å². The number of rotatable bonds is 0. The molecule has 0 bridgehead atoms. The first-order valence-electron chi connectivity index (χ1n) is 4.75. The summed E-state index contributed by atoms with van der Waals surface area (Å²) in [5.74, 6) is 0. The van der Waals surface area contributed by atoms with E-state index in [0.29, 0.717) is 0 Å².